The van der Waals surface area contributed by atoms with Crippen LogP contribution in [0.4, 0.5) is 0 Å². The van der Waals surface area contributed by atoms with Crippen molar-refractivity contribution in [1.29, 1.82) is 0 Å². The van der Waals surface area contributed by atoms with Crippen molar-refractivity contribution in [3.63, 3.8) is 0 Å². The van der Waals surface area contributed by atoms with Gasteiger partial charge >= 0.3 is 0 Å². The molecule has 0 N–H and O–H groups in total. The zero-order valence-corrected chi connectivity index (χ0v) is 13.9. The van der Waals surface area contributed by atoms with Crippen LogP contribution in [0.5, 0.6) is 0 Å². The summed E-state index contributed by atoms with van der Waals surface area (Å²) in [6, 6.07) is 8.49. The van der Waals surface area contributed by atoms with Gasteiger partial charge in [0.15, 0.2) is 0 Å². The Morgan fingerprint density at radius 1 is 1.09 bits per heavy atom. The number of unbranched alkanes of at least 4 members (excludes halogenated alkanes) is 1. The molecule has 3 heteroatoms. The Morgan fingerprint density at radius 2 is 1.91 bits per heavy atom. The van der Waals surface area contributed by atoms with E-state index in [1.807, 2.05) is 6.20 Å². The van der Waals surface area contributed by atoms with Crippen LogP contribution in [-0.4, -0.2) is 34.3 Å². The largest absolute Gasteiger partial charge is 0.303 e. The highest BCUT2D eigenvalue weighted by Gasteiger charge is 2.18. The molecule has 1 aliphatic heterocycles. The molecule has 0 radical (unpaired) electrons. The average molecular weight is 299 g/mol. The van der Waals surface area contributed by atoms with Crippen molar-refractivity contribution in [2.45, 2.75) is 52.0 Å². The van der Waals surface area contributed by atoms with Crippen molar-refractivity contribution in [3.8, 4) is 0 Å². The maximum atomic E-state index is 4.52. The van der Waals surface area contributed by atoms with Crippen molar-refractivity contribution in [1.82, 2.24) is 14.7 Å². The van der Waals surface area contributed by atoms with E-state index in [9.17, 15) is 0 Å². The third kappa shape index (κ3) is 3.89. The minimum Gasteiger partial charge on any atom is -0.303 e. The van der Waals surface area contributed by atoms with Gasteiger partial charge in [-0.05, 0) is 50.9 Å². The lowest BCUT2D eigenvalue weighted by molar-refractivity contribution is 0.173. The lowest BCUT2D eigenvalue weighted by Gasteiger charge is -2.32. The number of rotatable bonds is 7. The first-order valence-electron chi connectivity index (χ1n) is 8.99. The molecular weight excluding hydrogens is 270 g/mol. The molecule has 3 nitrogen and oxygen atoms in total. The summed E-state index contributed by atoms with van der Waals surface area (Å²) in [7, 11) is 0. The first-order valence-corrected chi connectivity index (χ1v) is 8.99. The van der Waals surface area contributed by atoms with Gasteiger partial charge < -0.3 is 4.90 Å². The number of aryl methyl sites for hydroxylation is 1. The summed E-state index contributed by atoms with van der Waals surface area (Å²) in [6.45, 7) is 7.15. The predicted octanol–water partition coefficient (Wildman–Crippen LogP) is 4.33. The highest BCUT2D eigenvalue weighted by Crippen LogP contribution is 2.22. The van der Waals surface area contributed by atoms with Gasteiger partial charge in [0.1, 0.15) is 0 Å². The number of hydrogen-bond donors (Lipinski definition) is 0. The summed E-state index contributed by atoms with van der Waals surface area (Å²) in [5.74, 6) is 0.992. The summed E-state index contributed by atoms with van der Waals surface area (Å²) < 4.78 is 2.16. The molecule has 3 rings (SSSR count). The molecule has 2 heterocycles. The van der Waals surface area contributed by atoms with Crippen molar-refractivity contribution < 1.29 is 0 Å². The van der Waals surface area contributed by atoms with Crippen molar-refractivity contribution >= 4 is 10.9 Å². The lowest BCUT2D eigenvalue weighted by Crippen LogP contribution is -2.34. The number of aromatic nitrogens is 2. The van der Waals surface area contributed by atoms with E-state index in [4.69, 9.17) is 0 Å². The van der Waals surface area contributed by atoms with Crippen LogP contribution in [0.1, 0.15) is 45.4 Å². The molecule has 1 aromatic carbocycles. The number of piperidine rings is 1. The van der Waals surface area contributed by atoms with Crippen molar-refractivity contribution in [3.05, 3.63) is 30.5 Å². The molecule has 1 aromatic heterocycles. The molecule has 1 saturated heterocycles. The maximum absolute atomic E-state index is 4.52. The Balaban J connectivity index is 1.41. The van der Waals surface area contributed by atoms with Crippen LogP contribution in [0.15, 0.2) is 30.5 Å². The fourth-order valence-electron chi connectivity index (χ4n) is 3.64. The van der Waals surface area contributed by atoms with Gasteiger partial charge in [0.25, 0.3) is 0 Å². The zero-order chi connectivity index (χ0) is 15.2. The Labute approximate surface area is 134 Å². The van der Waals surface area contributed by atoms with Gasteiger partial charge in [0.2, 0.25) is 0 Å². The second kappa shape index (κ2) is 7.77. The number of fused-ring (bicyclic) bond motifs is 1. The molecule has 0 saturated carbocycles. The van der Waals surface area contributed by atoms with Crippen LogP contribution in [0, 0.1) is 5.92 Å². The van der Waals surface area contributed by atoms with E-state index in [1.165, 1.54) is 69.1 Å². The van der Waals surface area contributed by atoms with Crippen LogP contribution in [-0.2, 0) is 6.54 Å². The summed E-state index contributed by atoms with van der Waals surface area (Å²) in [6.07, 6.45) is 10.2. The van der Waals surface area contributed by atoms with Gasteiger partial charge in [-0.15, -0.1) is 0 Å². The van der Waals surface area contributed by atoms with E-state index in [0.29, 0.717) is 0 Å². The topological polar surface area (TPSA) is 21.1 Å². The van der Waals surface area contributed by atoms with Crippen LogP contribution < -0.4 is 0 Å². The number of likely N-dealkylation sites (tertiary alicyclic amines) is 1. The smallest absolute Gasteiger partial charge is 0.0682 e. The minimum absolute atomic E-state index is 0.992. The number of nitrogens with zero attached hydrogens (tertiary/aromatic N) is 3. The first kappa shape index (κ1) is 15.5. The van der Waals surface area contributed by atoms with Crippen LogP contribution in [0.25, 0.3) is 10.9 Å². The third-order valence-corrected chi connectivity index (χ3v) is 5.07. The summed E-state index contributed by atoms with van der Waals surface area (Å²) in [5, 5.41) is 5.77. The van der Waals surface area contributed by atoms with E-state index < -0.39 is 0 Å². The van der Waals surface area contributed by atoms with Crippen LogP contribution in [0.3, 0.4) is 0 Å². The zero-order valence-electron chi connectivity index (χ0n) is 13.9. The number of para-hydroxylation sites is 1. The average Bonchev–Trinajstić information content (AvgIpc) is 2.98. The fraction of sp³-hybridized carbons (Fsp3) is 0.632. The second-order valence-corrected chi connectivity index (χ2v) is 6.71. The molecular formula is C19H29N3. The van der Waals surface area contributed by atoms with E-state index in [1.54, 1.807) is 0 Å². The molecule has 0 bridgehead atoms. The van der Waals surface area contributed by atoms with Crippen LogP contribution >= 0.6 is 0 Å². The summed E-state index contributed by atoms with van der Waals surface area (Å²) >= 11 is 0. The SMILES string of the molecule is CCCCC1CCN(CCCn2ncc3ccccc32)CC1. The van der Waals surface area contributed by atoms with Gasteiger partial charge in [-0.2, -0.15) is 5.10 Å². The van der Waals surface area contributed by atoms with E-state index >= 15 is 0 Å². The molecule has 0 amide bonds. The molecule has 0 atom stereocenters. The second-order valence-electron chi connectivity index (χ2n) is 6.71. The molecule has 120 valence electrons. The monoisotopic (exact) mass is 299 g/mol. The normalized spacial score (nSPS) is 17.3. The quantitative estimate of drug-likeness (QED) is 0.759. The van der Waals surface area contributed by atoms with Crippen LogP contribution in [0.2, 0.25) is 0 Å². The van der Waals surface area contributed by atoms with Crippen molar-refractivity contribution in [2.75, 3.05) is 19.6 Å². The van der Waals surface area contributed by atoms with E-state index in [0.717, 1.165) is 12.5 Å². The number of benzene rings is 1. The fourth-order valence-corrected chi connectivity index (χ4v) is 3.64. The van der Waals surface area contributed by atoms with Gasteiger partial charge in [-0.3, -0.25) is 4.68 Å². The van der Waals surface area contributed by atoms with E-state index in [-0.39, 0.29) is 0 Å². The first-order chi connectivity index (χ1) is 10.9. The molecule has 0 unspecified atom stereocenters. The Bertz CT molecular complexity index is 567. The lowest BCUT2D eigenvalue weighted by atomic mass is 9.91. The highest BCUT2D eigenvalue weighted by molar-refractivity contribution is 5.78. The van der Waals surface area contributed by atoms with Gasteiger partial charge in [-0.1, -0.05) is 44.4 Å². The van der Waals surface area contributed by atoms with E-state index in [2.05, 4.69) is 45.9 Å². The minimum atomic E-state index is 0.992. The maximum Gasteiger partial charge on any atom is 0.0682 e. The van der Waals surface area contributed by atoms with Crippen molar-refractivity contribution in [2.24, 2.45) is 5.92 Å². The Morgan fingerprint density at radius 3 is 2.73 bits per heavy atom. The Hall–Kier alpha value is -1.35. The third-order valence-electron chi connectivity index (χ3n) is 5.07. The van der Waals surface area contributed by atoms with Gasteiger partial charge in [0, 0.05) is 11.9 Å². The Kier molecular flexibility index (Phi) is 5.49. The molecule has 2 aromatic rings. The predicted molar refractivity (Wildman–Crippen MR) is 93.0 cm³/mol. The molecule has 1 fully saturated rings. The standard InChI is InChI=1S/C19H29N3/c1-2-3-7-17-10-14-21(15-11-17)12-6-13-22-19-9-5-4-8-18(19)16-20-22/h4-5,8-9,16-17H,2-3,6-7,10-15H2,1H3. The highest BCUT2D eigenvalue weighted by atomic mass is 15.3. The summed E-state index contributed by atoms with van der Waals surface area (Å²) in [4.78, 5) is 2.65. The van der Waals surface area contributed by atoms with Gasteiger partial charge in [-0.25, -0.2) is 0 Å². The summed E-state index contributed by atoms with van der Waals surface area (Å²) in [5.41, 5.74) is 1.26. The van der Waals surface area contributed by atoms with Gasteiger partial charge in [0.05, 0.1) is 11.7 Å². The molecule has 1 aliphatic rings. The molecule has 0 spiro atoms. The molecule has 0 aliphatic carbocycles. The molecule has 22 heavy (non-hydrogen) atoms. The number of hydrogen-bond acceptors (Lipinski definition) is 2.